The molecule has 0 aromatic heterocycles. The normalized spacial score (nSPS) is 14.3. The third-order valence-electron chi connectivity index (χ3n) is 3.99. The predicted molar refractivity (Wildman–Crippen MR) is 96.2 cm³/mol. The van der Waals surface area contributed by atoms with Gasteiger partial charge in [-0.05, 0) is 37.0 Å². The number of carbonyl (C=O) groups excluding carboxylic acids is 2. The highest BCUT2D eigenvalue weighted by molar-refractivity contribution is 5.86. The maximum atomic E-state index is 12.7. The lowest BCUT2D eigenvalue weighted by molar-refractivity contribution is -0.155. The molecule has 0 aliphatic carbocycles. The van der Waals surface area contributed by atoms with Gasteiger partial charge in [0, 0.05) is 12.3 Å². The second kappa shape index (κ2) is 11.6. The van der Waals surface area contributed by atoms with Crippen LogP contribution in [0.2, 0.25) is 0 Å². The van der Waals surface area contributed by atoms with Crippen molar-refractivity contribution in [3.63, 3.8) is 0 Å². The molecule has 0 amide bonds. The molecule has 3 nitrogen and oxygen atoms in total. The quantitative estimate of drug-likeness (QED) is 0.459. The molecule has 0 heterocycles. The fraction of sp³-hybridized carbons (Fsp3) is 0.900. The van der Waals surface area contributed by atoms with Crippen LogP contribution in [0.4, 0.5) is 0 Å². The lowest BCUT2D eigenvalue weighted by atomic mass is 9.77. The smallest absolute Gasteiger partial charge is 0.309 e. The average molecular weight is 327 g/mol. The summed E-state index contributed by atoms with van der Waals surface area (Å²) >= 11 is 0. The van der Waals surface area contributed by atoms with E-state index in [4.69, 9.17) is 4.74 Å². The molecule has 0 fully saturated rings. The van der Waals surface area contributed by atoms with Gasteiger partial charge in [-0.1, -0.05) is 54.9 Å². The van der Waals surface area contributed by atoms with E-state index in [1.54, 1.807) is 0 Å². The molecule has 0 radical (unpaired) electrons. The number of carbonyl (C=O) groups is 2. The molecular weight excluding hydrogens is 288 g/mol. The molecule has 0 aliphatic rings. The molecule has 2 atom stereocenters. The monoisotopic (exact) mass is 326 g/mol. The minimum absolute atomic E-state index is 0.178. The summed E-state index contributed by atoms with van der Waals surface area (Å²) in [5.74, 6) is 0.677. The summed E-state index contributed by atoms with van der Waals surface area (Å²) in [6.45, 7) is 15.0. The van der Waals surface area contributed by atoms with Crippen LogP contribution >= 0.6 is 0 Å². The molecule has 0 aromatic carbocycles. The summed E-state index contributed by atoms with van der Waals surface area (Å²) in [5, 5.41) is 0. The number of hydrogen-bond acceptors (Lipinski definition) is 3. The molecule has 136 valence electrons. The highest BCUT2D eigenvalue weighted by Crippen LogP contribution is 2.30. The van der Waals surface area contributed by atoms with Crippen molar-refractivity contribution in [2.45, 2.75) is 80.6 Å². The molecule has 0 aromatic rings. The summed E-state index contributed by atoms with van der Waals surface area (Å²) in [6.07, 6.45) is 4.00. The summed E-state index contributed by atoms with van der Waals surface area (Å²) in [5.41, 5.74) is 0. The van der Waals surface area contributed by atoms with Gasteiger partial charge in [0.15, 0.2) is 0 Å². The number of hydrogen-bond donors (Lipinski definition) is 0. The third-order valence-corrected chi connectivity index (χ3v) is 3.99. The Balaban J connectivity index is 5.19. The molecule has 0 bridgehead atoms. The summed E-state index contributed by atoms with van der Waals surface area (Å²) in [7, 11) is 0. The topological polar surface area (TPSA) is 43.4 Å². The lowest BCUT2D eigenvalue weighted by Gasteiger charge is -2.28. The average Bonchev–Trinajstić information content (AvgIpc) is 2.45. The first-order valence-corrected chi connectivity index (χ1v) is 9.38. The first kappa shape index (κ1) is 22.1. The SMILES string of the molecule is CCCCC(=O)C(CC(C)C)C(CC(C)C)C(=O)OCC(C)C. The Morgan fingerprint density at radius 2 is 1.35 bits per heavy atom. The van der Waals surface area contributed by atoms with Gasteiger partial charge in [0.05, 0.1) is 12.5 Å². The second-order valence-corrected chi connectivity index (χ2v) is 8.07. The van der Waals surface area contributed by atoms with Crippen LogP contribution in [0.3, 0.4) is 0 Å². The van der Waals surface area contributed by atoms with E-state index < -0.39 is 0 Å². The Bertz CT molecular complexity index is 345. The number of ketones is 1. The Morgan fingerprint density at radius 1 is 0.826 bits per heavy atom. The zero-order chi connectivity index (χ0) is 18.0. The molecule has 0 aliphatic heterocycles. The van der Waals surface area contributed by atoms with E-state index in [1.807, 2.05) is 13.8 Å². The van der Waals surface area contributed by atoms with Gasteiger partial charge in [-0.3, -0.25) is 9.59 Å². The fourth-order valence-corrected chi connectivity index (χ4v) is 2.85. The van der Waals surface area contributed by atoms with E-state index in [0.29, 0.717) is 30.8 Å². The van der Waals surface area contributed by atoms with Gasteiger partial charge in [0.1, 0.15) is 5.78 Å². The fourth-order valence-electron chi connectivity index (χ4n) is 2.85. The van der Waals surface area contributed by atoms with E-state index in [0.717, 1.165) is 25.7 Å². The van der Waals surface area contributed by atoms with Crippen LogP contribution in [0.5, 0.6) is 0 Å². The minimum atomic E-state index is -0.291. The van der Waals surface area contributed by atoms with E-state index in [1.165, 1.54) is 0 Å². The van der Waals surface area contributed by atoms with E-state index in [2.05, 4.69) is 34.6 Å². The highest BCUT2D eigenvalue weighted by Gasteiger charge is 2.35. The van der Waals surface area contributed by atoms with Gasteiger partial charge < -0.3 is 4.74 Å². The van der Waals surface area contributed by atoms with Crippen LogP contribution < -0.4 is 0 Å². The van der Waals surface area contributed by atoms with Crippen molar-refractivity contribution in [2.24, 2.45) is 29.6 Å². The maximum absolute atomic E-state index is 12.7. The molecule has 23 heavy (non-hydrogen) atoms. The van der Waals surface area contributed by atoms with Crippen LogP contribution in [-0.4, -0.2) is 18.4 Å². The van der Waals surface area contributed by atoms with E-state index in [-0.39, 0.29) is 23.6 Å². The van der Waals surface area contributed by atoms with Gasteiger partial charge in [0.25, 0.3) is 0 Å². The third kappa shape index (κ3) is 9.78. The first-order chi connectivity index (χ1) is 10.7. The van der Waals surface area contributed by atoms with Crippen molar-refractivity contribution < 1.29 is 14.3 Å². The second-order valence-electron chi connectivity index (χ2n) is 8.07. The molecule has 0 N–H and O–H groups in total. The molecule has 0 rings (SSSR count). The number of ether oxygens (including phenoxy) is 1. The van der Waals surface area contributed by atoms with E-state index >= 15 is 0 Å². The Kier molecular flexibility index (Phi) is 11.2. The zero-order valence-electron chi connectivity index (χ0n) is 16.4. The van der Waals surface area contributed by atoms with Gasteiger partial charge in [-0.2, -0.15) is 0 Å². The van der Waals surface area contributed by atoms with Crippen molar-refractivity contribution in [1.82, 2.24) is 0 Å². The summed E-state index contributed by atoms with van der Waals surface area (Å²) in [4.78, 5) is 25.3. The van der Waals surface area contributed by atoms with Crippen molar-refractivity contribution in [2.75, 3.05) is 6.61 Å². The van der Waals surface area contributed by atoms with Crippen molar-refractivity contribution >= 4 is 11.8 Å². The van der Waals surface area contributed by atoms with Gasteiger partial charge in [-0.15, -0.1) is 0 Å². The summed E-state index contributed by atoms with van der Waals surface area (Å²) < 4.78 is 5.49. The molecule has 0 spiro atoms. The predicted octanol–water partition coefficient (Wildman–Crippen LogP) is 5.27. The van der Waals surface area contributed by atoms with Crippen molar-refractivity contribution in [1.29, 1.82) is 0 Å². The molecular formula is C20H38O3. The van der Waals surface area contributed by atoms with Gasteiger partial charge >= 0.3 is 5.97 Å². The van der Waals surface area contributed by atoms with Crippen LogP contribution in [0.25, 0.3) is 0 Å². The Morgan fingerprint density at radius 3 is 1.78 bits per heavy atom. The van der Waals surface area contributed by atoms with Crippen molar-refractivity contribution in [3.05, 3.63) is 0 Å². The minimum Gasteiger partial charge on any atom is -0.465 e. The molecule has 3 heteroatoms. The van der Waals surface area contributed by atoms with E-state index in [9.17, 15) is 9.59 Å². The highest BCUT2D eigenvalue weighted by atomic mass is 16.5. The van der Waals surface area contributed by atoms with Gasteiger partial charge in [0.2, 0.25) is 0 Å². The summed E-state index contributed by atoms with van der Waals surface area (Å²) in [6, 6.07) is 0. The first-order valence-electron chi connectivity index (χ1n) is 9.38. The molecule has 0 saturated carbocycles. The van der Waals surface area contributed by atoms with Crippen LogP contribution in [0.15, 0.2) is 0 Å². The van der Waals surface area contributed by atoms with Gasteiger partial charge in [-0.25, -0.2) is 0 Å². The largest absolute Gasteiger partial charge is 0.465 e. The zero-order valence-corrected chi connectivity index (χ0v) is 16.4. The maximum Gasteiger partial charge on any atom is 0.309 e. The number of unbranched alkanes of at least 4 members (excludes halogenated alkanes) is 1. The lowest BCUT2D eigenvalue weighted by Crippen LogP contribution is -2.34. The molecule has 0 saturated heterocycles. The Hall–Kier alpha value is -0.860. The Labute approximate surface area is 143 Å². The van der Waals surface area contributed by atoms with Crippen LogP contribution in [-0.2, 0) is 14.3 Å². The van der Waals surface area contributed by atoms with Crippen LogP contribution in [0, 0.1) is 29.6 Å². The number of esters is 1. The van der Waals surface area contributed by atoms with Crippen molar-refractivity contribution in [3.8, 4) is 0 Å². The van der Waals surface area contributed by atoms with Crippen LogP contribution in [0.1, 0.15) is 80.6 Å². The molecule has 2 unspecified atom stereocenters. The number of rotatable bonds is 12. The number of Topliss-reactive ketones (excluding diaryl/α,β-unsaturated/α-hetero) is 1. The standard InChI is InChI=1S/C20H38O3/c1-8-9-10-19(21)17(11-14(2)3)18(12-15(4)5)20(22)23-13-16(6)7/h14-18H,8-13H2,1-7H3.